The first-order chi connectivity index (χ1) is 9.49. The zero-order valence-corrected chi connectivity index (χ0v) is 12.6. The van der Waals surface area contributed by atoms with E-state index in [9.17, 15) is 8.78 Å². The molecule has 0 aromatic heterocycles. The van der Waals surface area contributed by atoms with Gasteiger partial charge < -0.3 is 5.32 Å². The van der Waals surface area contributed by atoms with Crippen LogP contribution in [0.25, 0.3) is 0 Å². The highest BCUT2D eigenvalue weighted by atomic mass is 19.1. The number of halogens is 2. The second-order valence-electron chi connectivity index (χ2n) is 6.51. The van der Waals surface area contributed by atoms with Crippen LogP contribution in [0.5, 0.6) is 0 Å². The van der Waals surface area contributed by atoms with Crippen LogP contribution >= 0.6 is 0 Å². The maximum absolute atomic E-state index is 13.8. The molecule has 0 radical (unpaired) electrons. The van der Waals surface area contributed by atoms with E-state index in [1.165, 1.54) is 25.3 Å². The van der Waals surface area contributed by atoms with Gasteiger partial charge in [-0.25, -0.2) is 8.78 Å². The molecule has 1 aromatic carbocycles. The fourth-order valence-corrected chi connectivity index (χ4v) is 3.77. The van der Waals surface area contributed by atoms with Crippen molar-refractivity contribution in [3.8, 4) is 0 Å². The highest BCUT2D eigenvalue weighted by Crippen LogP contribution is 2.35. The normalized spacial score (nSPS) is 28.4. The van der Waals surface area contributed by atoms with Crippen LogP contribution in [-0.2, 0) is 6.42 Å². The number of benzene rings is 1. The first-order valence-electron chi connectivity index (χ1n) is 7.60. The molecule has 0 heterocycles. The summed E-state index contributed by atoms with van der Waals surface area (Å²) in [5.41, 5.74) is 0.608. The van der Waals surface area contributed by atoms with Crippen molar-refractivity contribution in [1.29, 1.82) is 0 Å². The van der Waals surface area contributed by atoms with Crippen LogP contribution in [0.4, 0.5) is 8.78 Å². The lowest BCUT2D eigenvalue weighted by atomic mass is 9.72. The van der Waals surface area contributed by atoms with E-state index in [0.29, 0.717) is 17.9 Å². The summed E-state index contributed by atoms with van der Waals surface area (Å²) in [6.45, 7) is 4.60. The third kappa shape index (κ3) is 3.78. The average Bonchev–Trinajstić information content (AvgIpc) is 2.36. The number of nitrogens with one attached hydrogen (secondary N) is 1. The molecule has 1 aliphatic rings. The predicted octanol–water partition coefficient (Wildman–Crippen LogP) is 4.17. The smallest absolute Gasteiger partial charge is 0.129 e. The molecule has 1 aliphatic carbocycles. The van der Waals surface area contributed by atoms with Gasteiger partial charge in [0.1, 0.15) is 11.6 Å². The molecule has 2 rings (SSSR count). The molecule has 0 bridgehead atoms. The molecule has 1 saturated carbocycles. The summed E-state index contributed by atoms with van der Waals surface area (Å²) in [5, 5.41) is 3.34. The van der Waals surface area contributed by atoms with Gasteiger partial charge in [0, 0.05) is 12.1 Å². The van der Waals surface area contributed by atoms with Crippen molar-refractivity contribution in [3.63, 3.8) is 0 Å². The second kappa shape index (κ2) is 6.66. The Morgan fingerprint density at radius 1 is 1.15 bits per heavy atom. The van der Waals surface area contributed by atoms with Gasteiger partial charge in [0.15, 0.2) is 0 Å². The Hall–Kier alpha value is -0.960. The number of hydrogen-bond donors (Lipinski definition) is 1. The average molecular weight is 281 g/mol. The monoisotopic (exact) mass is 281 g/mol. The van der Waals surface area contributed by atoms with Crippen LogP contribution in [0.3, 0.4) is 0 Å². The molecule has 0 aliphatic heterocycles. The molecule has 1 N–H and O–H groups in total. The molecular formula is C17H25F2N. The third-order valence-corrected chi connectivity index (χ3v) is 4.61. The molecule has 1 fully saturated rings. The molecule has 20 heavy (non-hydrogen) atoms. The lowest BCUT2D eigenvalue weighted by molar-refractivity contribution is 0.179. The van der Waals surface area contributed by atoms with Crippen molar-refractivity contribution in [2.45, 2.75) is 45.6 Å². The van der Waals surface area contributed by atoms with E-state index in [4.69, 9.17) is 0 Å². The van der Waals surface area contributed by atoms with E-state index in [-0.39, 0.29) is 6.04 Å². The van der Waals surface area contributed by atoms with E-state index < -0.39 is 11.6 Å². The number of likely N-dealkylation sites (N-methyl/N-ethyl adjacent to an activating group) is 1. The molecule has 3 atom stereocenters. The van der Waals surface area contributed by atoms with Crippen LogP contribution in [0.15, 0.2) is 18.2 Å². The van der Waals surface area contributed by atoms with Gasteiger partial charge in [-0.1, -0.05) is 19.9 Å². The Morgan fingerprint density at radius 3 is 2.35 bits per heavy atom. The van der Waals surface area contributed by atoms with Crippen LogP contribution in [-0.4, -0.2) is 13.1 Å². The van der Waals surface area contributed by atoms with Gasteiger partial charge >= 0.3 is 0 Å². The van der Waals surface area contributed by atoms with Crippen molar-refractivity contribution >= 4 is 0 Å². The van der Waals surface area contributed by atoms with E-state index in [1.807, 2.05) is 7.05 Å². The fourth-order valence-electron chi connectivity index (χ4n) is 3.77. The first kappa shape index (κ1) is 15.4. The third-order valence-electron chi connectivity index (χ3n) is 4.61. The van der Waals surface area contributed by atoms with Crippen LogP contribution in [0, 0.1) is 29.4 Å². The van der Waals surface area contributed by atoms with Crippen LogP contribution in [0.1, 0.15) is 38.7 Å². The molecule has 1 aromatic rings. The Morgan fingerprint density at radius 2 is 1.80 bits per heavy atom. The van der Waals surface area contributed by atoms with Gasteiger partial charge in [0.25, 0.3) is 0 Å². The summed E-state index contributed by atoms with van der Waals surface area (Å²) in [4.78, 5) is 0. The molecular weight excluding hydrogens is 256 g/mol. The molecule has 112 valence electrons. The van der Waals surface area contributed by atoms with E-state index in [1.54, 1.807) is 6.07 Å². The fraction of sp³-hybridized carbons (Fsp3) is 0.647. The first-order valence-corrected chi connectivity index (χ1v) is 7.60. The minimum absolute atomic E-state index is 0.264. The standard InChI is InChI=1S/C17H25F2N/c1-11-6-12(2)8-14(7-11)17(20-3)9-13-4-5-15(18)10-16(13)19/h4-5,10-12,14,17,20H,6-9H2,1-3H3. The van der Waals surface area contributed by atoms with Gasteiger partial charge in [-0.05, 0) is 62.1 Å². The summed E-state index contributed by atoms with van der Waals surface area (Å²) in [6, 6.07) is 4.16. The zero-order chi connectivity index (χ0) is 14.7. The molecule has 3 unspecified atom stereocenters. The molecule has 3 heteroatoms. The van der Waals surface area contributed by atoms with Gasteiger partial charge in [-0.2, -0.15) is 0 Å². The topological polar surface area (TPSA) is 12.0 Å². The predicted molar refractivity (Wildman–Crippen MR) is 78.6 cm³/mol. The quantitative estimate of drug-likeness (QED) is 0.873. The molecule has 0 amide bonds. The summed E-state index contributed by atoms with van der Waals surface area (Å²) < 4.78 is 26.8. The Bertz CT molecular complexity index is 437. The summed E-state index contributed by atoms with van der Waals surface area (Å²) in [6.07, 6.45) is 4.31. The van der Waals surface area contributed by atoms with Crippen molar-refractivity contribution in [2.75, 3.05) is 7.05 Å². The lowest BCUT2D eigenvalue weighted by Crippen LogP contribution is -2.39. The van der Waals surface area contributed by atoms with Crippen LogP contribution < -0.4 is 5.32 Å². The molecule has 0 spiro atoms. The molecule has 0 saturated heterocycles. The van der Waals surface area contributed by atoms with E-state index in [0.717, 1.165) is 17.9 Å². The molecule has 1 nitrogen and oxygen atoms in total. The minimum atomic E-state index is -0.507. The van der Waals surface area contributed by atoms with Crippen molar-refractivity contribution in [1.82, 2.24) is 5.32 Å². The largest absolute Gasteiger partial charge is 0.316 e. The summed E-state index contributed by atoms with van der Waals surface area (Å²) in [7, 11) is 1.94. The SMILES string of the molecule is CNC(Cc1ccc(F)cc1F)C1CC(C)CC(C)C1. The lowest BCUT2D eigenvalue weighted by Gasteiger charge is -2.36. The van der Waals surface area contributed by atoms with Gasteiger partial charge in [-0.15, -0.1) is 0 Å². The highest BCUT2D eigenvalue weighted by molar-refractivity contribution is 5.20. The Kier molecular flexibility index (Phi) is 5.14. The summed E-state index contributed by atoms with van der Waals surface area (Å²) >= 11 is 0. The van der Waals surface area contributed by atoms with Gasteiger partial charge in [0.05, 0.1) is 0 Å². The van der Waals surface area contributed by atoms with Crippen molar-refractivity contribution < 1.29 is 8.78 Å². The number of hydrogen-bond acceptors (Lipinski definition) is 1. The maximum atomic E-state index is 13.8. The highest BCUT2D eigenvalue weighted by Gasteiger charge is 2.29. The van der Waals surface area contributed by atoms with Crippen molar-refractivity contribution in [3.05, 3.63) is 35.4 Å². The minimum Gasteiger partial charge on any atom is -0.316 e. The van der Waals surface area contributed by atoms with Crippen molar-refractivity contribution in [2.24, 2.45) is 17.8 Å². The van der Waals surface area contributed by atoms with Gasteiger partial charge in [-0.3, -0.25) is 0 Å². The summed E-state index contributed by atoms with van der Waals surface area (Å²) in [5.74, 6) is 1.10. The van der Waals surface area contributed by atoms with E-state index in [2.05, 4.69) is 19.2 Å². The second-order valence-corrected chi connectivity index (χ2v) is 6.51. The van der Waals surface area contributed by atoms with Crippen LogP contribution in [0.2, 0.25) is 0 Å². The van der Waals surface area contributed by atoms with Gasteiger partial charge in [0.2, 0.25) is 0 Å². The maximum Gasteiger partial charge on any atom is 0.129 e. The van der Waals surface area contributed by atoms with E-state index >= 15 is 0 Å². The zero-order valence-electron chi connectivity index (χ0n) is 12.6. The number of rotatable bonds is 4. The Labute approximate surface area is 120 Å². The Balaban J connectivity index is 2.08.